The highest BCUT2D eigenvalue weighted by Crippen LogP contribution is 2.19. The first-order chi connectivity index (χ1) is 12.6. The third-order valence-electron chi connectivity index (χ3n) is 5.03. The molecule has 4 rings (SSSR count). The SMILES string of the molecule is Cn1c(C(=O)N2CCCC2)nnc1N1CCN(c2ccc(F)cn2)CC1. The molecule has 2 aromatic rings. The first-order valence-electron chi connectivity index (χ1n) is 8.93. The summed E-state index contributed by atoms with van der Waals surface area (Å²) in [6.45, 7) is 4.57. The molecule has 138 valence electrons. The van der Waals surface area contributed by atoms with Gasteiger partial charge in [0, 0.05) is 46.3 Å². The second-order valence-electron chi connectivity index (χ2n) is 6.69. The molecule has 0 radical (unpaired) electrons. The number of nitrogens with zero attached hydrogens (tertiary/aromatic N) is 7. The molecule has 0 atom stereocenters. The zero-order chi connectivity index (χ0) is 18.1. The molecule has 0 aromatic carbocycles. The molecule has 8 nitrogen and oxygen atoms in total. The molecule has 9 heteroatoms. The number of hydrogen-bond donors (Lipinski definition) is 0. The van der Waals surface area contributed by atoms with Crippen LogP contribution in [0.2, 0.25) is 0 Å². The first-order valence-corrected chi connectivity index (χ1v) is 8.93. The van der Waals surface area contributed by atoms with Gasteiger partial charge in [-0.15, -0.1) is 10.2 Å². The van der Waals surface area contributed by atoms with Gasteiger partial charge in [-0.1, -0.05) is 0 Å². The maximum atomic E-state index is 13.0. The number of amides is 1. The quantitative estimate of drug-likeness (QED) is 0.811. The van der Waals surface area contributed by atoms with Crippen molar-refractivity contribution >= 4 is 17.7 Å². The number of anilines is 2. The van der Waals surface area contributed by atoms with E-state index < -0.39 is 0 Å². The van der Waals surface area contributed by atoms with Crippen LogP contribution in [-0.4, -0.2) is 69.8 Å². The first kappa shape index (κ1) is 16.7. The largest absolute Gasteiger partial charge is 0.353 e. The fourth-order valence-electron chi connectivity index (χ4n) is 3.53. The van der Waals surface area contributed by atoms with Gasteiger partial charge in [0.1, 0.15) is 11.6 Å². The van der Waals surface area contributed by atoms with Crippen molar-refractivity contribution in [2.45, 2.75) is 12.8 Å². The van der Waals surface area contributed by atoms with E-state index >= 15 is 0 Å². The van der Waals surface area contributed by atoms with E-state index in [0.29, 0.717) is 11.8 Å². The Labute approximate surface area is 151 Å². The van der Waals surface area contributed by atoms with Crippen LogP contribution in [0.3, 0.4) is 0 Å². The molecule has 4 heterocycles. The molecule has 0 spiro atoms. The lowest BCUT2D eigenvalue weighted by molar-refractivity contribution is 0.0776. The molecule has 0 N–H and O–H groups in total. The third-order valence-corrected chi connectivity index (χ3v) is 5.03. The number of piperazine rings is 1. The highest BCUT2D eigenvalue weighted by molar-refractivity contribution is 5.91. The average molecular weight is 359 g/mol. The molecular formula is C17H22FN7O. The van der Waals surface area contributed by atoms with Crippen LogP contribution in [0.25, 0.3) is 0 Å². The fourth-order valence-corrected chi connectivity index (χ4v) is 3.53. The van der Waals surface area contributed by atoms with Crippen LogP contribution >= 0.6 is 0 Å². The van der Waals surface area contributed by atoms with E-state index in [0.717, 1.165) is 57.9 Å². The van der Waals surface area contributed by atoms with Crippen molar-refractivity contribution in [3.8, 4) is 0 Å². The number of pyridine rings is 1. The molecule has 2 aromatic heterocycles. The van der Waals surface area contributed by atoms with Gasteiger partial charge in [0.2, 0.25) is 11.8 Å². The van der Waals surface area contributed by atoms with E-state index in [-0.39, 0.29) is 11.7 Å². The third kappa shape index (κ3) is 3.09. The topological polar surface area (TPSA) is 70.4 Å². The molecule has 0 unspecified atom stereocenters. The Morgan fingerprint density at radius 2 is 1.69 bits per heavy atom. The van der Waals surface area contributed by atoms with Crippen LogP contribution in [-0.2, 0) is 7.05 Å². The van der Waals surface area contributed by atoms with Crippen LogP contribution < -0.4 is 9.80 Å². The van der Waals surface area contributed by atoms with Crippen molar-refractivity contribution in [2.24, 2.45) is 7.05 Å². The van der Waals surface area contributed by atoms with Gasteiger partial charge in [0.05, 0.1) is 6.20 Å². The van der Waals surface area contributed by atoms with Gasteiger partial charge >= 0.3 is 0 Å². The number of carbonyl (C=O) groups excluding carboxylic acids is 1. The molecular weight excluding hydrogens is 337 g/mol. The molecule has 26 heavy (non-hydrogen) atoms. The summed E-state index contributed by atoms with van der Waals surface area (Å²) >= 11 is 0. The fraction of sp³-hybridized carbons (Fsp3) is 0.529. The van der Waals surface area contributed by atoms with Gasteiger partial charge in [-0.05, 0) is 25.0 Å². The van der Waals surface area contributed by atoms with Crippen molar-refractivity contribution in [3.05, 3.63) is 30.0 Å². The zero-order valence-corrected chi connectivity index (χ0v) is 14.8. The minimum Gasteiger partial charge on any atom is -0.353 e. The number of rotatable bonds is 3. The lowest BCUT2D eigenvalue weighted by Gasteiger charge is -2.35. The van der Waals surface area contributed by atoms with Crippen molar-refractivity contribution in [2.75, 3.05) is 49.1 Å². The summed E-state index contributed by atoms with van der Waals surface area (Å²) in [5, 5.41) is 8.38. The van der Waals surface area contributed by atoms with E-state index in [2.05, 4.69) is 25.0 Å². The van der Waals surface area contributed by atoms with Crippen molar-refractivity contribution in [1.82, 2.24) is 24.6 Å². The maximum Gasteiger partial charge on any atom is 0.291 e. The minimum atomic E-state index is -0.332. The molecule has 0 saturated carbocycles. The highest BCUT2D eigenvalue weighted by atomic mass is 19.1. The van der Waals surface area contributed by atoms with Crippen LogP contribution in [0.15, 0.2) is 18.3 Å². The van der Waals surface area contributed by atoms with Gasteiger partial charge < -0.3 is 14.7 Å². The van der Waals surface area contributed by atoms with Crippen LogP contribution in [0.5, 0.6) is 0 Å². The van der Waals surface area contributed by atoms with Crippen LogP contribution in [0.1, 0.15) is 23.5 Å². The van der Waals surface area contributed by atoms with Crippen molar-refractivity contribution < 1.29 is 9.18 Å². The van der Waals surface area contributed by atoms with E-state index in [4.69, 9.17) is 0 Å². The maximum absolute atomic E-state index is 13.0. The number of hydrogen-bond acceptors (Lipinski definition) is 6. The molecule has 2 aliphatic rings. The van der Waals surface area contributed by atoms with E-state index in [9.17, 15) is 9.18 Å². The summed E-state index contributed by atoms with van der Waals surface area (Å²) < 4.78 is 14.8. The van der Waals surface area contributed by atoms with Gasteiger partial charge in [0.25, 0.3) is 5.91 Å². The molecule has 0 bridgehead atoms. The smallest absolute Gasteiger partial charge is 0.291 e. The summed E-state index contributed by atoms with van der Waals surface area (Å²) in [7, 11) is 1.84. The summed E-state index contributed by atoms with van der Waals surface area (Å²) in [5.41, 5.74) is 0. The molecule has 2 saturated heterocycles. The second-order valence-corrected chi connectivity index (χ2v) is 6.69. The van der Waals surface area contributed by atoms with Crippen molar-refractivity contribution in [3.63, 3.8) is 0 Å². The monoisotopic (exact) mass is 359 g/mol. The van der Waals surface area contributed by atoms with E-state index in [1.165, 1.54) is 12.3 Å². The van der Waals surface area contributed by atoms with Crippen LogP contribution in [0, 0.1) is 5.82 Å². The number of halogens is 1. The van der Waals surface area contributed by atoms with Gasteiger partial charge in [0.15, 0.2) is 0 Å². The lowest BCUT2D eigenvalue weighted by atomic mass is 10.3. The predicted molar refractivity (Wildman–Crippen MR) is 94.8 cm³/mol. The molecule has 1 amide bonds. The Balaban J connectivity index is 1.43. The zero-order valence-electron chi connectivity index (χ0n) is 14.8. The Hall–Kier alpha value is -2.71. The van der Waals surface area contributed by atoms with Gasteiger partial charge in [-0.3, -0.25) is 9.36 Å². The number of likely N-dealkylation sites (tertiary alicyclic amines) is 1. The standard InChI is InChI=1S/C17H22FN7O/c1-22-15(16(26)24-6-2-3-7-24)20-21-17(22)25-10-8-23(9-11-25)14-5-4-13(18)12-19-14/h4-5,12H,2-3,6-11H2,1H3. The van der Waals surface area contributed by atoms with Gasteiger partial charge in [-0.25, -0.2) is 9.37 Å². The molecule has 2 aliphatic heterocycles. The lowest BCUT2D eigenvalue weighted by Crippen LogP contribution is -2.47. The highest BCUT2D eigenvalue weighted by Gasteiger charge is 2.27. The number of carbonyl (C=O) groups is 1. The number of aromatic nitrogens is 4. The van der Waals surface area contributed by atoms with E-state index in [1.807, 2.05) is 11.9 Å². The van der Waals surface area contributed by atoms with E-state index in [1.54, 1.807) is 10.6 Å². The molecule has 0 aliphatic carbocycles. The summed E-state index contributed by atoms with van der Waals surface area (Å²) in [5.74, 6) is 1.50. The Morgan fingerprint density at radius 3 is 2.35 bits per heavy atom. The Bertz CT molecular complexity index is 777. The normalized spacial score (nSPS) is 17.8. The summed E-state index contributed by atoms with van der Waals surface area (Å²) in [4.78, 5) is 22.8. The molecule has 2 fully saturated rings. The van der Waals surface area contributed by atoms with Crippen LogP contribution in [0.4, 0.5) is 16.2 Å². The summed E-state index contributed by atoms with van der Waals surface area (Å²) in [6, 6.07) is 3.12. The Morgan fingerprint density at radius 1 is 1.00 bits per heavy atom. The van der Waals surface area contributed by atoms with Gasteiger partial charge in [-0.2, -0.15) is 0 Å². The minimum absolute atomic E-state index is 0.0436. The average Bonchev–Trinajstić information content (AvgIpc) is 3.32. The van der Waals surface area contributed by atoms with Crippen molar-refractivity contribution in [1.29, 1.82) is 0 Å². The summed E-state index contributed by atoms with van der Waals surface area (Å²) in [6.07, 6.45) is 3.34. The predicted octanol–water partition coefficient (Wildman–Crippen LogP) is 0.912. The Kier molecular flexibility index (Phi) is 4.44. The second kappa shape index (κ2) is 6.89.